The van der Waals surface area contributed by atoms with E-state index in [1.54, 1.807) is 0 Å². The van der Waals surface area contributed by atoms with Gasteiger partial charge in [-0.15, -0.1) is 0 Å². The second kappa shape index (κ2) is 6.03. The zero-order valence-electron chi connectivity index (χ0n) is 12.1. The van der Waals surface area contributed by atoms with Gasteiger partial charge in [0.2, 0.25) is 11.7 Å². The van der Waals surface area contributed by atoms with Gasteiger partial charge in [-0.05, 0) is 44.5 Å². The minimum Gasteiger partial charge on any atom is -0.484 e. The highest BCUT2D eigenvalue weighted by atomic mass is 35.5. The van der Waals surface area contributed by atoms with Crippen LogP contribution in [0.5, 0.6) is 5.75 Å². The van der Waals surface area contributed by atoms with Crippen LogP contribution in [0.4, 0.5) is 0 Å². The molecule has 1 aliphatic rings. The number of hydrogen-bond acceptors (Lipinski definition) is 5. The molecule has 0 amide bonds. The Kier molecular flexibility index (Phi) is 4.12. The van der Waals surface area contributed by atoms with Gasteiger partial charge >= 0.3 is 0 Å². The molecule has 1 N–H and O–H groups in total. The number of ether oxygens (including phenoxy) is 1. The van der Waals surface area contributed by atoms with Crippen LogP contribution in [0.15, 0.2) is 22.7 Å². The Morgan fingerprint density at radius 1 is 1.48 bits per heavy atom. The monoisotopic (exact) mass is 307 g/mol. The molecule has 1 aliphatic carbocycles. The first kappa shape index (κ1) is 14.4. The van der Waals surface area contributed by atoms with Crippen molar-refractivity contribution < 1.29 is 9.26 Å². The first-order valence-corrected chi connectivity index (χ1v) is 7.47. The summed E-state index contributed by atoms with van der Waals surface area (Å²) < 4.78 is 10.9. The summed E-state index contributed by atoms with van der Waals surface area (Å²) in [5.74, 6) is 2.36. The number of halogens is 1. The van der Waals surface area contributed by atoms with Crippen molar-refractivity contribution in [2.45, 2.75) is 38.3 Å². The SMILES string of the molecule is CNC(C)c1ccc(OCc2noc(C3CC3)n2)c(Cl)c1. The average Bonchev–Trinajstić information content (AvgIpc) is 3.24. The first-order chi connectivity index (χ1) is 10.2. The van der Waals surface area contributed by atoms with Crippen LogP contribution in [-0.2, 0) is 6.61 Å². The van der Waals surface area contributed by atoms with Gasteiger partial charge < -0.3 is 14.6 Å². The molecule has 1 saturated carbocycles. The fourth-order valence-corrected chi connectivity index (χ4v) is 2.28. The molecule has 1 atom stereocenters. The predicted molar refractivity (Wildman–Crippen MR) is 79.5 cm³/mol. The average molecular weight is 308 g/mol. The zero-order valence-corrected chi connectivity index (χ0v) is 12.9. The Bertz CT molecular complexity index is 625. The highest BCUT2D eigenvalue weighted by Gasteiger charge is 2.29. The molecule has 1 unspecified atom stereocenters. The van der Waals surface area contributed by atoms with Crippen molar-refractivity contribution >= 4 is 11.6 Å². The molecule has 1 aromatic carbocycles. The molecule has 0 saturated heterocycles. The van der Waals surface area contributed by atoms with Gasteiger partial charge in [-0.1, -0.05) is 22.8 Å². The van der Waals surface area contributed by atoms with E-state index < -0.39 is 0 Å². The molecule has 0 radical (unpaired) electrons. The van der Waals surface area contributed by atoms with Gasteiger partial charge in [-0.25, -0.2) is 0 Å². The van der Waals surface area contributed by atoms with Crippen LogP contribution >= 0.6 is 11.6 Å². The molecule has 1 heterocycles. The van der Waals surface area contributed by atoms with Crippen molar-refractivity contribution in [3.8, 4) is 5.75 Å². The Balaban J connectivity index is 1.63. The molecule has 0 aliphatic heterocycles. The van der Waals surface area contributed by atoms with Crippen LogP contribution in [0.25, 0.3) is 0 Å². The molecule has 112 valence electrons. The van der Waals surface area contributed by atoms with E-state index in [1.165, 1.54) is 0 Å². The van der Waals surface area contributed by atoms with Crippen molar-refractivity contribution in [2.24, 2.45) is 0 Å². The Morgan fingerprint density at radius 2 is 2.29 bits per heavy atom. The van der Waals surface area contributed by atoms with E-state index in [0.717, 1.165) is 24.3 Å². The second-order valence-corrected chi connectivity index (χ2v) is 5.72. The summed E-state index contributed by atoms with van der Waals surface area (Å²) in [5, 5.41) is 7.67. The van der Waals surface area contributed by atoms with Gasteiger partial charge in [-0.3, -0.25) is 0 Å². The van der Waals surface area contributed by atoms with Gasteiger partial charge in [0, 0.05) is 12.0 Å². The number of benzene rings is 1. The molecular formula is C15H18ClN3O2. The minimum absolute atomic E-state index is 0.245. The van der Waals surface area contributed by atoms with Gasteiger partial charge in [-0.2, -0.15) is 4.98 Å². The van der Waals surface area contributed by atoms with E-state index in [1.807, 2.05) is 25.2 Å². The van der Waals surface area contributed by atoms with Crippen molar-refractivity contribution in [3.05, 3.63) is 40.5 Å². The number of nitrogens with zero attached hydrogens (tertiary/aromatic N) is 2. The normalized spacial score (nSPS) is 16.0. The lowest BCUT2D eigenvalue weighted by atomic mass is 10.1. The van der Waals surface area contributed by atoms with E-state index in [-0.39, 0.29) is 12.6 Å². The number of nitrogens with one attached hydrogen (secondary N) is 1. The Morgan fingerprint density at radius 3 is 2.95 bits per heavy atom. The third kappa shape index (κ3) is 3.36. The Labute approximate surface area is 128 Å². The predicted octanol–water partition coefficient (Wildman–Crippen LogP) is 3.46. The molecule has 2 aromatic rings. The van der Waals surface area contributed by atoms with Crippen molar-refractivity contribution in [3.63, 3.8) is 0 Å². The fraction of sp³-hybridized carbons (Fsp3) is 0.467. The lowest BCUT2D eigenvalue weighted by Crippen LogP contribution is -2.12. The van der Waals surface area contributed by atoms with E-state index in [0.29, 0.717) is 22.5 Å². The van der Waals surface area contributed by atoms with Crippen LogP contribution in [0.2, 0.25) is 5.02 Å². The molecular weight excluding hydrogens is 290 g/mol. The van der Waals surface area contributed by atoms with Gasteiger partial charge in [0.25, 0.3) is 0 Å². The summed E-state index contributed by atoms with van der Waals surface area (Å²) in [5.41, 5.74) is 1.12. The van der Waals surface area contributed by atoms with Crippen molar-refractivity contribution in [2.75, 3.05) is 7.05 Å². The van der Waals surface area contributed by atoms with Crippen LogP contribution in [0.3, 0.4) is 0 Å². The molecule has 6 heteroatoms. The van der Waals surface area contributed by atoms with Crippen LogP contribution in [-0.4, -0.2) is 17.2 Å². The molecule has 3 rings (SSSR count). The Hall–Kier alpha value is -1.59. The van der Waals surface area contributed by atoms with E-state index in [2.05, 4.69) is 22.4 Å². The minimum atomic E-state index is 0.245. The molecule has 0 spiro atoms. The van der Waals surface area contributed by atoms with Crippen LogP contribution < -0.4 is 10.1 Å². The highest BCUT2D eigenvalue weighted by molar-refractivity contribution is 6.32. The molecule has 0 bridgehead atoms. The van der Waals surface area contributed by atoms with E-state index >= 15 is 0 Å². The second-order valence-electron chi connectivity index (χ2n) is 5.31. The maximum Gasteiger partial charge on any atom is 0.229 e. The van der Waals surface area contributed by atoms with Gasteiger partial charge in [0.15, 0.2) is 6.61 Å². The maximum absolute atomic E-state index is 6.25. The third-order valence-corrected chi connectivity index (χ3v) is 3.95. The smallest absolute Gasteiger partial charge is 0.229 e. The lowest BCUT2D eigenvalue weighted by Gasteiger charge is -2.12. The third-order valence-electron chi connectivity index (χ3n) is 3.66. The molecule has 21 heavy (non-hydrogen) atoms. The molecule has 1 aromatic heterocycles. The number of hydrogen-bond donors (Lipinski definition) is 1. The summed E-state index contributed by atoms with van der Waals surface area (Å²) in [6.07, 6.45) is 2.28. The largest absolute Gasteiger partial charge is 0.484 e. The highest BCUT2D eigenvalue weighted by Crippen LogP contribution is 2.38. The van der Waals surface area contributed by atoms with Crippen LogP contribution in [0.1, 0.15) is 49.0 Å². The van der Waals surface area contributed by atoms with E-state index in [4.69, 9.17) is 20.9 Å². The summed E-state index contributed by atoms with van der Waals surface area (Å²) in [7, 11) is 1.91. The van der Waals surface area contributed by atoms with Crippen molar-refractivity contribution in [1.29, 1.82) is 0 Å². The maximum atomic E-state index is 6.25. The molecule has 5 nitrogen and oxygen atoms in total. The topological polar surface area (TPSA) is 60.2 Å². The summed E-state index contributed by atoms with van der Waals surface area (Å²) in [6.45, 7) is 2.34. The van der Waals surface area contributed by atoms with Gasteiger partial charge in [0.05, 0.1) is 5.02 Å². The quantitative estimate of drug-likeness (QED) is 0.885. The first-order valence-electron chi connectivity index (χ1n) is 7.09. The summed E-state index contributed by atoms with van der Waals surface area (Å²) in [6, 6.07) is 6.01. The summed E-state index contributed by atoms with van der Waals surface area (Å²) >= 11 is 6.25. The van der Waals surface area contributed by atoms with E-state index in [9.17, 15) is 0 Å². The van der Waals surface area contributed by atoms with Crippen molar-refractivity contribution in [1.82, 2.24) is 15.5 Å². The molecule has 1 fully saturated rings. The fourth-order valence-electron chi connectivity index (χ4n) is 2.03. The van der Waals surface area contributed by atoms with Crippen LogP contribution in [0, 0.1) is 0 Å². The summed E-state index contributed by atoms with van der Waals surface area (Å²) in [4.78, 5) is 4.32. The zero-order chi connectivity index (χ0) is 14.8. The standard InChI is InChI=1S/C15H18ClN3O2/c1-9(17-2)11-5-6-13(12(16)7-11)20-8-14-18-15(21-19-14)10-3-4-10/h5-7,9-10,17H,3-4,8H2,1-2H3. The number of aromatic nitrogens is 2. The lowest BCUT2D eigenvalue weighted by molar-refractivity contribution is 0.285. The number of rotatable bonds is 6. The van der Waals surface area contributed by atoms with Gasteiger partial charge in [0.1, 0.15) is 5.75 Å².